The second-order valence-corrected chi connectivity index (χ2v) is 6.30. The predicted molar refractivity (Wildman–Crippen MR) is 80.1 cm³/mol. The molecular formula is C17H27N. The average Bonchev–Trinajstić information content (AvgIpc) is 2.34. The van der Waals surface area contributed by atoms with Crippen LogP contribution in [0.2, 0.25) is 0 Å². The Morgan fingerprint density at radius 1 is 1.06 bits per heavy atom. The van der Waals surface area contributed by atoms with E-state index in [1.807, 2.05) is 0 Å². The van der Waals surface area contributed by atoms with Gasteiger partial charge >= 0.3 is 0 Å². The zero-order chi connectivity index (χ0) is 13.1. The molecule has 1 aromatic carbocycles. The molecule has 0 radical (unpaired) electrons. The summed E-state index contributed by atoms with van der Waals surface area (Å²) in [5.74, 6) is 2.16. The first-order valence-electron chi connectivity index (χ1n) is 7.45. The van der Waals surface area contributed by atoms with Crippen LogP contribution in [0.1, 0.15) is 58.4 Å². The lowest BCUT2D eigenvalue weighted by Crippen LogP contribution is -2.37. The SMILES string of the molecule is CC(C)c1ccccc1NC1C(C)CCCC1C. The van der Waals surface area contributed by atoms with E-state index < -0.39 is 0 Å². The molecule has 0 amide bonds. The minimum Gasteiger partial charge on any atom is -0.382 e. The summed E-state index contributed by atoms with van der Waals surface area (Å²) < 4.78 is 0. The molecule has 2 rings (SSSR count). The molecule has 2 atom stereocenters. The van der Waals surface area contributed by atoms with Crippen molar-refractivity contribution in [3.8, 4) is 0 Å². The smallest absolute Gasteiger partial charge is 0.0377 e. The van der Waals surface area contributed by atoms with Crippen molar-refractivity contribution in [3.63, 3.8) is 0 Å². The van der Waals surface area contributed by atoms with Crippen LogP contribution in [-0.2, 0) is 0 Å². The van der Waals surface area contributed by atoms with Crippen molar-refractivity contribution in [2.75, 3.05) is 5.32 Å². The Kier molecular flexibility index (Phi) is 4.31. The number of rotatable bonds is 3. The Hall–Kier alpha value is -0.980. The van der Waals surface area contributed by atoms with Crippen molar-refractivity contribution < 1.29 is 0 Å². The van der Waals surface area contributed by atoms with Gasteiger partial charge in [-0.25, -0.2) is 0 Å². The number of hydrogen-bond acceptors (Lipinski definition) is 1. The largest absolute Gasteiger partial charge is 0.382 e. The number of nitrogens with one attached hydrogen (secondary N) is 1. The zero-order valence-electron chi connectivity index (χ0n) is 12.2. The fraction of sp³-hybridized carbons (Fsp3) is 0.647. The number of benzene rings is 1. The van der Waals surface area contributed by atoms with Crippen molar-refractivity contribution in [2.45, 2.75) is 58.9 Å². The number of anilines is 1. The summed E-state index contributed by atoms with van der Waals surface area (Å²) in [5.41, 5.74) is 2.79. The van der Waals surface area contributed by atoms with E-state index in [1.165, 1.54) is 30.5 Å². The van der Waals surface area contributed by atoms with Gasteiger partial charge in [0, 0.05) is 11.7 Å². The van der Waals surface area contributed by atoms with Gasteiger partial charge in [0.2, 0.25) is 0 Å². The van der Waals surface area contributed by atoms with Crippen molar-refractivity contribution in [1.82, 2.24) is 0 Å². The topological polar surface area (TPSA) is 12.0 Å². The molecule has 0 heterocycles. The Labute approximate surface area is 112 Å². The lowest BCUT2D eigenvalue weighted by molar-refractivity contribution is 0.268. The van der Waals surface area contributed by atoms with Crippen molar-refractivity contribution in [1.29, 1.82) is 0 Å². The van der Waals surface area contributed by atoms with Crippen molar-refractivity contribution >= 4 is 5.69 Å². The second-order valence-electron chi connectivity index (χ2n) is 6.30. The molecule has 0 bridgehead atoms. The van der Waals surface area contributed by atoms with E-state index in [0.29, 0.717) is 12.0 Å². The first-order valence-corrected chi connectivity index (χ1v) is 7.45. The van der Waals surface area contributed by atoms with Crippen LogP contribution in [-0.4, -0.2) is 6.04 Å². The molecular weight excluding hydrogens is 218 g/mol. The highest BCUT2D eigenvalue weighted by molar-refractivity contribution is 5.53. The molecule has 1 nitrogen and oxygen atoms in total. The minimum atomic E-state index is 0.586. The Morgan fingerprint density at radius 3 is 2.28 bits per heavy atom. The maximum Gasteiger partial charge on any atom is 0.0377 e. The Bertz CT molecular complexity index is 373. The minimum absolute atomic E-state index is 0.586. The molecule has 18 heavy (non-hydrogen) atoms. The van der Waals surface area contributed by atoms with E-state index in [-0.39, 0.29) is 0 Å². The van der Waals surface area contributed by atoms with E-state index in [9.17, 15) is 0 Å². The first kappa shape index (κ1) is 13.5. The molecule has 1 aliphatic rings. The van der Waals surface area contributed by atoms with E-state index in [2.05, 4.69) is 57.3 Å². The molecule has 100 valence electrons. The summed E-state index contributed by atoms with van der Waals surface area (Å²) >= 11 is 0. The maximum atomic E-state index is 3.83. The summed E-state index contributed by atoms with van der Waals surface area (Å²) in [5, 5.41) is 3.83. The summed E-state index contributed by atoms with van der Waals surface area (Å²) in [6.45, 7) is 9.33. The van der Waals surface area contributed by atoms with Crippen LogP contribution in [0.5, 0.6) is 0 Å². The van der Waals surface area contributed by atoms with Gasteiger partial charge in [0.05, 0.1) is 0 Å². The van der Waals surface area contributed by atoms with Gasteiger partial charge < -0.3 is 5.32 Å². The number of para-hydroxylation sites is 1. The Balaban J connectivity index is 2.17. The highest BCUT2D eigenvalue weighted by atomic mass is 14.9. The highest BCUT2D eigenvalue weighted by Gasteiger charge is 2.27. The zero-order valence-corrected chi connectivity index (χ0v) is 12.2. The molecule has 1 aliphatic carbocycles. The van der Waals surface area contributed by atoms with E-state index in [1.54, 1.807) is 0 Å². The normalized spacial score (nSPS) is 28.4. The molecule has 1 heteroatoms. The third-order valence-electron chi connectivity index (χ3n) is 4.45. The summed E-state index contributed by atoms with van der Waals surface area (Å²) in [4.78, 5) is 0. The molecule has 0 spiro atoms. The Morgan fingerprint density at radius 2 is 1.67 bits per heavy atom. The van der Waals surface area contributed by atoms with Gasteiger partial charge in [-0.3, -0.25) is 0 Å². The standard InChI is InChI=1S/C17H27N/c1-12(2)15-10-5-6-11-16(15)18-17-13(3)8-7-9-14(17)4/h5-6,10-14,17-18H,7-9H2,1-4H3. The molecule has 0 aromatic heterocycles. The molecule has 0 aliphatic heterocycles. The quantitative estimate of drug-likeness (QED) is 0.786. The highest BCUT2D eigenvalue weighted by Crippen LogP contribution is 2.33. The van der Waals surface area contributed by atoms with E-state index in [0.717, 1.165) is 11.8 Å². The maximum absolute atomic E-state index is 3.83. The van der Waals surface area contributed by atoms with Crippen LogP contribution in [0, 0.1) is 11.8 Å². The van der Waals surface area contributed by atoms with Crippen LogP contribution in [0.25, 0.3) is 0 Å². The van der Waals surface area contributed by atoms with Gasteiger partial charge in [0.25, 0.3) is 0 Å². The van der Waals surface area contributed by atoms with Crippen molar-refractivity contribution in [3.05, 3.63) is 29.8 Å². The molecule has 1 aromatic rings. The van der Waals surface area contributed by atoms with Gasteiger partial charge in [-0.15, -0.1) is 0 Å². The number of hydrogen-bond donors (Lipinski definition) is 1. The van der Waals surface area contributed by atoms with Crippen LogP contribution in [0.4, 0.5) is 5.69 Å². The van der Waals surface area contributed by atoms with Gasteiger partial charge in [-0.1, -0.05) is 52.3 Å². The molecule has 0 saturated heterocycles. The van der Waals surface area contributed by atoms with Gasteiger partial charge in [-0.05, 0) is 42.2 Å². The fourth-order valence-corrected chi connectivity index (χ4v) is 3.28. The van der Waals surface area contributed by atoms with Gasteiger partial charge in [0.15, 0.2) is 0 Å². The average molecular weight is 245 g/mol. The van der Waals surface area contributed by atoms with Crippen LogP contribution < -0.4 is 5.32 Å². The molecule has 1 N–H and O–H groups in total. The van der Waals surface area contributed by atoms with Gasteiger partial charge in [0.1, 0.15) is 0 Å². The van der Waals surface area contributed by atoms with Crippen LogP contribution in [0.3, 0.4) is 0 Å². The van der Waals surface area contributed by atoms with Crippen molar-refractivity contribution in [2.24, 2.45) is 11.8 Å². The third-order valence-corrected chi connectivity index (χ3v) is 4.45. The lowest BCUT2D eigenvalue weighted by atomic mass is 9.78. The molecule has 1 saturated carbocycles. The summed E-state index contributed by atoms with van der Waals surface area (Å²) in [6.07, 6.45) is 4.13. The first-order chi connectivity index (χ1) is 8.59. The van der Waals surface area contributed by atoms with Gasteiger partial charge in [-0.2, -0.15) is 0 Å². The summed E-state index contributed by atoms with van der Waals surface area (Å²) in [6, 6.07) is 9.42. The van der Waals surface area contributed by atoms with E-state index in [4.69, 9.17) is 0 Å². The lowest BCUT2D eigenvalue weighted by Gasteiger charge is -2.36. The third kappa shape index (κ3) is 2.88. The monoisotopic (exact) mass is 245 g/mol. The van der Waals surface area contributed by atoms with Crippen LogP contribution in [0.15, 0.2) is 24.3 Å². The summed E-state index contributed by atoms with van der Waals surface area (Å²) in [7, 11) is 0. The molecule has 2 unspecified atom stereocenters. The van der Waals surface area contributed by atoms with E-state index >= 15 is 0 Å². The second kappa shape index (κ2) is 5.77. The predicted octanol–water partition coefficient (Wildman–Crippen LogP) is 5.05. The fourth-order valence-electron chi connectivity index (χ4n) is 3.28. The van der Waals surface area contributed by atoms with Crippen LogP contribution >= 0.6 is 0 Å². The molecule has 1 fully saturated rings.